The number of rotatable bonds is 8. The zero-order chi connectivity index (χ0) is 24.1. The zero-order valence-corrected chi connectivity index (χ0v) is 17.6. The van der Waals surface area contributed by atoms with Crippen molar-refractivity contribution in [3.63, 3.8) is 0 Å². The molecule has 33 heavy (non-hydrogen) atoms. The minimum atomic E-state index is -1.74. The van der Waals surface area contributed by atoms with Crippen molar-refractivity contribution >= 4 is 40.6 Å². The number of amidine groups is 1. The topological polar surface area (TPSA) is 169 Å². The predicted molar refractivity (Wildman–Crippen MR) is 120 cm³/mol. The molecule has 0 fully saturated rings. The first-order valence-electron chi connectivity index (χ1n) is 10.2. The average molecular weight is 457 g/mol. The quantitative estimate of drug-likeness (QED) is 0.252. The van der Waals surface area contributed by atoms with Gasteiger partial charge >= 0.3 is 0 Å². The number of carbonyl (C=O) groups excluding carboxylic acids is 3. The van der Waals surface area contributed by atoms with Crippen molar-refractivity contribution in [2.75, 3.05) is 28.7 Å². The van der Waals surface area contributed by atoms with Crippen molar-refractivity contribution < 1.29 is 29.0 Å². The number of nitrogens with one attached hydrogen (secondary N) is 3. The number of benzene rings is 2. The maximum absolute atomic E-state index is 13.9. The van der Waals surface area contributed by atoms with Crippen LogP contribution in [0.25, 0.3) is 0 Å². The number of amides is 3. The first kappa shape index (κ1) is 23.8. The fraction of sp³-hybridized carbons (Fsp3) is 0.273. The minimum Gasteiger partial charge on any atom is -0.395 e. The number of hydrogen-bond donors (Lipinski definition) is 6. The fourth-order valence-corrected chi connectivity index (χ4v) is 3.43. The molecule has 3 rings (SSSR count). The molecule has 1 heterocycles. The molecule has 10 nitrogen and oxygen atoms in total. The van der Waals surface area contributed by atoms with Crippen LogP contribution in [0.4, 0.5) is 21.5 Å². The average Bonchev–Trinajstić information content (AvgIpc) is 2.76. The molecule has 11 heteroatoms. The first-order chi connectivity index (χ1) is 15.7. The third-order valence-electron chi connectivity index (χ3n) is 5.12. The normalized spacial score (nSPS) is 13.5. The largest absolute Gasteiger partial charge is 0.395 e. The van der Waals surface area contributed by atoms with Crippen molar-refractivity contribution in [2.45, 2.75) is 25.4 Å². The zero-order valence-electron chi connectivity index (χ0n) is 17.6. The summed E-state index contributed by atoms with van der Waals surface area (Å²) in [6.07, 6.45) is -1.40. The lowest BCUT2D eigenvalue weighted by atomic mass is 10.0. The second kappa shape index (κ2) is 10.2. The van der Waals surface area contributed by atoms with E-state index in [0.29, 0.717) is 24.2 Å². The molecular weight excluding hydrogens is 433 g/mol. The lowest BCUT2D eigenvalue weighted by Crippen LogP contribution is -2.39. The molecule has 0 unspecified atom stereocenters. The van der Waals surface area contributed by atoms with E-state index in [0.717, 1.165) is 11.6 Å². The van der Waals surface area contributed by atoms with Gasteiger partial charge < -0.3 is 31.5 Å². The van der Waals surface area contributed by atoms with Gasteiger partial charge in [-0.15, -0.1) is 0 Å². The van der Waals surface area contributed by atoms with Gasteiger partial charge in [0, 0.05) is 30.0 Å². The van der Waals surface area contributed by atoms with Crippen LogP contribution in [-0.4, -0.2) is 53.0 Å². The second-order valence-corrected chi connectivity index (χ2v) is 7.48. The molecule has 0 aliphatic carbocycles. The van der Waals surface area contributed by atoms with Crippen LogP contribution in [0.5, 0.6) is 0 Å². The number of halogens is 1. The highest BCUT2D eigenvalue weighted by Crippen LogP contribution is 2.28. The van der Waals surface area contributed by atoms with E-state index >= 15 is 0 Å². The maximum Gasteiger partial charge on any atom is 0.253 e. The van der Waals surface area contributed by atoms with Crippen LogP contribution < -0.4 is 21.3 Å². The molecule has 1 aliphatic rings. The van der Waals surface area contributed by atoms with Gasteiger partial charge in [0.2, 0.25) is 11.8 Å². The Bertz CT molecular complexity index is 1110. The van der Waals surface area contributed by atoms with Gasteiger partial charge in [0.05, 0.1) is 18.6 Å². The predicted octanol–water partition coefficient (Wildman–Crippen LogP) is 0.709. The molecule has 1 atom stereocenters. The van der Waals surface area contributed by atoms with Gasteiger partial charge in [0.15, 0.2) is 0 Å². The van der Waals surface area contributed by atoms with Crippen LogP contribution in [0.15, 0.2) is 36.4 Å². The van der Waals surface area contributed by atoms with Gasteiger partial charge in [-0.2, -0.15) is 0 Å². The van der Waals surface area contributed by atoms with Crippen molar-refractivity contribution in [3.05, 3.63) is 53.3 Å². The number of nitrogens with two attached hydrogens (primary N) is 1. The van der Waals surface area contributed by atoms with E-state index < -0.39 is 36.0 Å². The van der Waals surface area contributed by atoms with E-state index in [1.807, 2.05) is 0 Å². The van der Waals surface area contributed by atoms with Crippen LogP contribution in [0, 0.1) is 11.2 Å². The van der Waals surface area contributed by atoms with Crippen LogP contribution in [0.3, 0.4) is 0 Å². The van der Waals surface area contributed by atoms with Gasteiger partial charge in [-0.3, -0.25) is 19.8 Å². The number of anilines is 3. The van der Waals surface area contributed by atoms with Crippen molar-refractivity contribution in [3.8, 4) is 0 Å². The van der Waals surface area contributed by atoms with E-state index in [9.17, 15) is 29.0 Å². The summed E-state index contributed by atoms with van der Waals surface area (Å²) in [4.78, 5) is 38.0. The Morgan fingerprint density at radius 2 is 2.00 bits per heavy atom. The number of aryl methyl sites for hydroxylation is 1. The molecule has 3 amide bonds. The Labute approximate surface area is 188 Å². The lowest BCUT2D eigenvalue weighted by molar-refractivity contribution is -0.129. The Balaban J connectivity index is 1.69. The summed E-state index contributed by atoms with van der Waals surface area (Å²) in [7, 11) is 0. The summed E-state index contributed by atoms with van der Waals surface area (Å²) in [6, 6.07) is 8.50. The number of aliphatic hydroxyl groups excluding tert-OH is 2. The molecule has 0 spiro atoms. The molecule has 1 aliphatic heterocycles. The second-order valence-electron chi connectivity index (χ2n) is 7.48. The van der Waals surface area contributed by atoms with Crippen LogP contribution >= 0.6 is 0 Å². The van der Waals surface area contributed by atoms with Crippen LogP contribution in [-0.2, 0) is 20.8 Å². The van der Waals surface area contributed by atoms with Gasteiger partial charge in [-0.1, -0.05) is 6.07 Å². The Hall–Kier alpha value is -3.83. The highest BCUT2D eigenvalue weighted by Gasteiger charge is 2.25. The van der Waals surface area contributed by atoms with Gasteiger partial charge in [0.1, 0.15) is 17.8 Å². The summed E-state index contributed by atoms with van der Waals surface area (Å²) < 4.78 is 13.9. The maximum atomic E-state index is 13.9. The molecule has 174 valence electrons. The highest BCUT2D eigenvalue weighted by molar-refractivity contribution is 6.02. The van der Waals surface area contributed by atoms with Crippen LogP contribution in [0.1, 0.15) is 24.0 Å². The number of hydrogen-bond acceptors (Lipinski definition) is 6. The SMILES string of the molecule is N=C(N)c1ccc(NC(=O)[C@H](O)CC(=O)N(CCO)c2ccc3c(c2)NC(=O)CC3)cc1F. The summed E-state index contributed by atoms with van der Waals surface area (Å²) in [5.41, 5.74) is 7.01. The Kier molecular flexibility index (Phi) is 7.36. The molecule has 0 radical (unpaired) electrons. The molecular formula is C22H24FN5O5. The summed E-state index contributed by atoms with van der Waals surface area (Å²) in [5, 5.41) is 31.9. The summed E-state index contributed by atoms with van der Waals surface area (Å²) in [6.45, 7) is -0.448. The first-order valence-corrected chi connectivity index (χ1v) is 10.2. The number of nitrogen functional groups attached to an aromatic ring is 1. The summed E-state index contributed by atoms with van der Waals surface area (Å²) in [5.74, 6) is -2.99. The third kappa shape index (κ3) is 5.70. The van der Waals surface area contributed by atoms with Crippen LogP contribution in [0.2, 0.25) is 0 Å². The third-order valence-corrected chi connectivity index (χ3v) is 5.12. The monoisotopic (exact) mass is 457 g/mol. The number of carbonyl (C=O) groups is 3. The van der Waals surface area contributed by atoms with Crippen molar-refractivity contribution in [1.82, 2.24) is 0 Å². The molecule has 7 N–H and O–H groups in total. The van der Waals surface area contributed by atoms with Crippen molar-refractivity contribution in [2.24, 2.45) is 5.73 Å². The molecule has 2 aromatic rings. The van der Waals surface area contributed by atoms with Gasteiger partial charge in [0.25, 0.3) is 5.91 Å². The highest BCUT2D eigenvalue weighted by atomic mass is 19.1. The fourth-order valence-electron chi connectivity index (χ4n) is 3.43. The number of fused-ring (bicyclic) bond motifs is 1. The molecule has 0 saturated carbocycles. The van der Waals surface area contributed by atoms with E-state index in [1.165, 1.54) is 17.0 Å². The standard InChI is InChI=1S/C22H24FN5O5/c23-16-9-13(3-5-15(16)21(24)25)26-22(33)18(30)11-20(32)28(7-8-29)14-4-1-12-2-6-19(31)27-17(12)10-14/h1,3-5,9-10,18,29-30H,2,6-8,11H2,(H3,24,25)(H,26,33)(H,27,31)/t18-/m1/s1. The van der Waals surface area contributed by atoms with E-state index in [4.69, 9.17) is 11.1 Å². The molecule has 2 aromatic carbocycles. The smallest absolute Gasteiger partial charge is 0.253 e. The molecule has 0 aromatic heterocycles. The molecule has 0 saturated heterocycles. The van der Waals surface area contributed by atoms with Crippen molar-refractivity contribution in [1.29, 1.82) is 5.41 Å². The van der Waals surface area contributed by atoms with Gasteiger partial charge in [-0.05, 0) is 42.3 Å². The number of aliphatic hydroxyl groups is 2. The van der Waals surface area contributed by atoms with Gasteiger partial charge in [-0.25, -0.2) is 4.39 Å². The Morgan fingerprint density at radius 3 is 2.67 bits per heavy atom. The summed E-state index contributed by atoms with van der Waals surface area (Å²) >= 11 is 0. The van der Waals surface area contributed by atoms with E-state index in [1.54, 1.807) is 18.2 Å². The number of nitrogens with zero attached hydrogens (tertiary/aromatic N) is 1. The van der Waals surface area contributed by atoms with E-state index in [2.05, 4.69) is 10.6 Å². The Morgan fingerprint density at radius 1 is 1.24 bits per heavy atom. The van der Waals surface area contributed by atoms with E-state index in [-0.39, 0.29) is 30.3 Å². The lowest BCUT2D eigenvalue weighted by Gasteiger charge is -2.25. The molecule has 0 bridgehead atoms. The minimum absolute atomic E-state index is 0.0200.